The summed E-state index contributed by atoms with van der Waals surface area (Å²) in [6.45, 7) is 1.55. The minimum atomic E-state index is -0.196. The summed E-state index contributed by atoms with van der Waals surface area (Å²) in [5, 5.41) is 4.08. The molecule has 52 valence electrons. The van der Waals surface area contributed by atoms with E-state index in [2.05, 4.69) is 5.32 Å². The Morgan fingerprint density at radius 1 is 1.67 bits per heavy atom. The molecule has 0 saturated carbocycles. The molecule has 3 nitrogen and oxygen atoms in total. The van der Waals surface area contributed by atoms with Gasteiger partial charge in [-0.2, -0.15) is 0 Å². The summed E-state index contributed by atoms with van der Waals surface area (Å²) >= 11 is 0. The number of primary amides is 1. The van der Waals surface area contributed by atoms with E-state index in [0.717, 1.165) is 19.4 Å². The van der Waals surface area contributed by atoms with Gasteiger partial charge in [-0.25, -0.2) is 0 Å². The molecule has 0 aromatic heterocycles. The molecular weight excluding hydrogens is 116 g/mol. The summed E-state index contributed by atoms with van der Waals surface area (Å²) in [5.74, 6) is -0.169. The second kappa shape index (κ2) is 2.82. The zero-order valence-corrected chi connectivity index (χ0v) is 5.34. The summed E-state index contributed by atoms with van der Waals surface area (Å²) in [6.07, 6.45) is 1.95. The lowest BCUT2D eigenvalue weighted by atomic mass is 9.99. The van der Waals surface area contributed by atoms with Crippen LogP contribution in [0.25, 0.3) is 5.32 Å². The SMILES string of the molecule is NC(=O)[C@@H]1CCC[N-]C1. The van der Waals surface area contributed by atoms with Crippen molar-refractivity contribution in [2.75, 3.05) is 13.1 Å². The van der Waals surface area contributed by atoms with E-state index in [4.69, 9.17) is 5.73 Å². The highest BCUT2D eigenvalue weighted by Crippen LogP contribution is 2.15. The molecule has 0 aliphatic carbocycles. The molecule has 0 unspecified atom stereocenters. The van der Waals surface area contributed by atoms with E-state index >= 15 is 0 Å². The summed E-state index contributed by atoms with van der Waals surface area (Å²) < 4.78 is 0. The first-order valence-corrected chi connectivity index (χ1v) is 3.23. The van der Waals surface area contributed by atoms with E-state index < -0.39 is 0 Å². The first-order valence-electron chi connectivity index (χ1n) is 3.23. The summed E-state index contributed by atoms with van der Waals surface area (Å²) in [6, 6.07) is 0. The third-order valence-electron chi connectivity index (χ3n) is 1.62. The van der Waals surface area contributed by atoms with Crippen molar-refractivity contribution in [3.05, 3.63) is 5.32 Å². The van der Waals surface area contributed by atoms with Gasteiger partial charge in [0.2, 0.25) is 5.91 Å². The summed E-state index contributed by atoms with van der Waals surface area (Å²) in [4.78, 5) is 10.5. The summed E-state index contributed by atoms with van der Waals surface area (Å²) in [5.41, 5.74) is 5.07. The largest absolute Gasteiger partial charge is 0.662 e. The minimum absolute atomic E-state index is 0.0266. The lowest BCUT2D eigenvalue weighted by Gasteiger charge is -2.30. The molecule has 1 aliphatic heterocycles. The number of piperidine rings is 1. The lowest BCUT2D eigenvalue weighted by molar-refractivity contribution is -0.121. The fourth-order valence-electron chi connectivity index (χ4n) is 1.02. The van der Waals surface area contributed by atoms with Crippen LogP contribution in [-0.2, 0) is 4.79 Å². The molecule has 1 aliphatic rings. The van der Waals surface area contributed by atoms with Gasteiger partial charge in [0.1, 0.15) is 0 Å². The van der Waals surface area contributed by atoms with Crippen LogP contribution < -0.4 is 5.73 Å². The highest BCUT2D eigenvalue weighted by Gasteiger charge is 2.11. The Hall–Kier alpha value is -0.570. The zero-order chi connectivity index (χ0) is 6.69. The van der Waals surface area contributed by atoms with Gasteiger partial charge in [-0.3, -0.25) is 4.79 Å². The van der Waals surface area contributed by atoms with Crippen molar-refractivity contribution in [2.24, 2.45) is 11.7 Å². The molecule has 3 heteroatoms. The number of carbonyl (C=O) groups is 1. The quantitative estimate of drug-likeness (QED) is 0.539. The molecule has 2 N–H and O–H groups in total. The second-order valence-corrected chi connectivity index (χ2v) is 2.37. The first kappa shape index (κ1) is 6.55. The number of hydrogen-bond donors (Lipinski definition) is 1. The van der Waals surface area contributed by atoms with Crippen molar-refractivity contribution in [3.8, 4) is 0 Å². The Bertz CT molecular complexity index is 108. The van der Waals surface area contributed by atoms with Crippen molar-refractivity contribution in [2.45, 2.75) is 12.8 Å². The minimum Gasteiger partial charge on any atom is -0.662 e. The smallest absolute Gasteiger partial charge is 0.218 e. The molecule has 0 spiro atoms. The molecule has 0 aromatic carbocycles. The predicted molar refractivity (Wildman–Crippen MR) is 35.0 cm³/mol. The van der Waals surface area contributed by atoms with Gasteiger partial charge in [-0.1, -0.05) is 6.42 Å². The number of nitrogens with zero attached hydrogens (tertiary/aromatic N) is 1. The Morgan fingerprint density at radius 2 is 2.44 bits per heavy atom. The standard InChI is InChI=1S/C6H11N2O/c7-6(9)5-2-1-3-8-4-5/h5H,1-4H2,(H2,7,9)/q-1/t5-/m1/s1. The first-order chi connectivity index (χ1) is 4.30. The third kappa shape index (κ3) is 1.68. The molecule has 0 radical (unpaired) electrons. The lowest BCUT2D eigenvalue weighted by Crippen LogP contribution is -2.28. The molecule has 1 heterocycles. The molecular formula is C6H11N2O-. The van der Waals surface area contributed by atoms with Crippen molar-refractivity contribution in [1.29, 1.82) is 0 Å². The van der Waals surface area contributed by atoms with Crippen LogP contribution >= 0.6 is 0 Å². The Morgan fingerprint density at radius 3 is 2.78 bits per heavy atom. The number of rotatable bonds is 1. The molecule has 1 saturated heterocycles. The molecule has 0 aromatic rings. The topological polar surface area (TPSA) is 57.2 Å². The number of hydrogen-bond acceptors (Lipinski definition) is 1. The third-order valence-corrected chi connectivity index (χ3v) is 1.62. The van der Waals surface area contributed by atoms with Gasteiger partial charge >= 0.3 is 0 Å². The maximum atomic E-state index is 10.5. The molecule has 1 fully saturated rings. The van der Waals surface area contributed by atoms with Gasteiger partial charge in [0.05, 0.1) is 0 Å². The highest BCUT2D eigenvalue weighted by molar-refractivity contribution is 5.77. The second-order valence-electron chi connectivity index (χ2n) is 2.37. The van der Waals surface area contributed by atoms with Gasteiger partial charge in [-0.05, 0) is 6.42 Å². The molecule has 1 rings (SSSR count). The molecule has 0 bridgehead atoms. The van der Waals surface area contributed by atoms with Gasteiger partial charge in [0, 0.05) is 5.92 Å². The monoisotopic (exact) mass is 127 g/mol. The maximum absolute atomic E-state index is 10.5. The zero-order valence-electron chi connectivity index (χ0n) is 5.34. The van der Waals surface area contributed by atoms with Gasteiger partial charge in [0.15, 0.2) is 0 Å². The van der Waals surface area contributed by atoms with Gasteiger partial charge in [0.25, 0.3) is 0 Å². The van der Waals surface area contributed by atoms with Crippen molar-refractivity contribution >= 4 is 5.91 Å². The van der Waals surface area contributed by atoms with E-state index in [0.29, 0.717) is 6.54 Å². The van der Waals surface area contributed by atoms with E-state index in [9.17, 15) is 4.79 Å². The Kier molecular flexibility index (Phi) is 2.05. The van der Waals surface area contributed by atoms with E-state index in [1.165, 1.54) is 0 Å². The van der Waals surface area contributed by atoms with Crippen LogP contribution in [0.15, 0.2) is 0 Å². The maximum Gasteiger partial charge on any atom is 0.218 e. The van der Waals surface area contributed by atoms with Gasteiger partial charge in [-0.15, -0.1) is 13.1 Å². The predicted octanol–water partition coefficient (Wildman–Crippen LogP) is 0.255. The molecule has 9 heavy (non-hydrogen) atoms. The van der Waals surface area contributed by atoms with Crippen LogP contribution in [0.2, 0.25) is 0 Å². The van der Waals surface area contributed by atoms with Crippen LogP contribution in [-0.4, -0.2) is 19.0 Å². The highest BCUT2D eigenvalue weighted by atomic mass is 16.1. The van der Waals surface area contributed by atoms with Crippen LogP contribution in [0.3, 0.4) is 0 Å². The molecule has 1 atom stereocenters. The van der Waals surface area contributed by atoms with Gasteiger partial charge < -0.3 is 11.1 Å². The van der Waals surface area contributed by atoms with E-state index in [1.54, 1.807) is 0 Å². The number of carbonyl (C=O) groups excluding carboxylic acids is 1. The van der Waals surface area contributed by atoms with Crippen molar-refractivity contribution in [3.63, 3.8) is 0 Å². The number of amides is 1. The average molecular weight is 127 g/mol. The fourth-order valence-corrected chi connectivity index (χ4v) is 1.02. The Labute approximate surface area is 54.6 Å². The number of nitrogens with two attached hydrogens (primary N) is 1. The summed E-state index contributed by atoms with van der Waals surface area (Å²) in [7, 11) is 0. The molecule has 1 amide bonds. The van der Waals surface area contributed by atoms with Crippen LogP contribution in [0.4, 0.5) is 0 Å². The van der Waals surface area contributed by atoms with Crippen LogP contribution in [0, 0.1) is 5.92 Å². The Balaban J connectivity index is 2.31. The fraction of sp³-hybridized carbons (Fsp3) is 0.833. The van der Waals surface area contributed by atoms with Crippen molar-refractivity contribution < 1.29 is 4.79 Å². The normalized spacial score (nSPS) is 27.8. The van der Waals surface area contributed by atoms with Crippen molar-refractivity contribution in [1.82, 2.24) is 0 Å². The van der Waals surface area contributed by atoms with E-state index in [1.807, 2.05) is 0 Å². The van der Waals surface area contributed by atoms with E-state index in [-0.39, 0.29) is 11.8 Å². The van der Waals surface area contributed by atoms with Crippen LogP contribution in [0.1, 0.15) is 12.8 Å². The average Bonchev–Trinajstić information content (AvgIpc) is 1.90. The van der Waals surface area contributed by atoms with Crippen LogP contribution in [0.5, 0.6) is 0 Å².